The quantitative estimate of drug-likeness (QED) is 0.879. The van der Waals surface area contributed by atoms with E-state index in [1.54, 1.807) is 6.07 Å². The van der Waals surface area contributed by atoms with Crippen LogP contribution in [0.15, 0.2) is 48.2 Å². The highest BCUT2D eigenvalue weighted by Gasteiger charge is 2.27. The van der Waals surface area contributed by atoms with Gasteiger partial charge < -0.3 is 14.6 Å². The molecule has 0 bridgehead atoms. The molecule has 2 aromatic carbocycles. The van der Waals surface area contributed by atoms with Crippen LogP contribution in [-0.2, 0) is 4.79 Å². The van der Waals surface area contributed by atoms with Gasteiger partial charge in [-0.1, -0.05) is 12.1 Å². The van der Waals surface area contributed by atoms with Crippen molar-refractivity contribution in [3.63, 3.8) is 0 Å². The van der Waals surface area contributed by atoms with Crippen LogP contribution in [0.5, 0.6) is 11.5 Å². The molecule has 3 rings (SSSR count). The second kappa shape index (κ2) is 5.92. The maximum absolute atomic E-state index is 13.2. The first-order chi connectivity index (χ1) is 11.0. The van der Waals surface area contributed by atoms with Crippen molar-refractivity contribution in [2.24, 2.45) is 0 Å². The van der Waals surface area contributed by atoms with Gasteiger partial charge in [-0.3, -0.25) is 4.79 Å². The zero-order valence-corrected chi connectivity index (χ0v) is 11.8. The fourth-order valence-electron chi connectivity index (χ4n) is 2.15. The van der Waals surface area contributed by atoms with Crippen LogP contribution in [0, 0.1) is 5.82 Å². The number of rotatable bonds is 4. The van der Waals surface area contributed by atoms with E-state index in [-0.39, 0.29) is 23.0 Å². The third kappa shape index (κ3) is 3.21. The number of allylic oxidation sites excluding steroid dienone is 1. The van der Waals surface area contributed by atoms with E-state index in [0.29, 0.717) is 11.1 Å². The van der Waals surface area contributed by atoms with Crippen molar-refractivity contribution in [1.82, 2.24) is 0 Å². The molecule has 0 saturated carbocycles. The number of carbonyl (C=O) groups excluding carboxylic acids is 1. The number of aliphatic carboxylic acids is 1. The molecule has 1 aliphatic rings. The van der Waals surface area contributed by atoms with Gasteiger partial charge in [0.15, 0.2) is 12.4 Å². The van der Waals surface area contributed by atoms with E-state index in [0.717, 1.165) is 0 Å². The summed E-state index contributed by atoms with van der Waals surface area (Å²) in [5.74, 6) is -1.21. The number of ketones is 1. The number of carboxylic acid groups (broad SMARTS) is 1. The van der Waals surface area contributed by atoms with Crippen LogP contribution in [0.1, 0.15) is 15.9 Å². The van der Waals surface area contributed by atoms with E-state index < -0.39 is 18.4 Å². The van der Waals surface area contributed by atoms with Gasteiger partial charge in [-0.05, 0) is 35.9 Å². The average Bonchev–Trinajstić information content (AvgIpc) is 2.81. The number of hydrogen-bond donors (Lipinski definition) is 1. The first kappa shape index (κ1) is 14.8. The summed E-state index contributed by atoms with van der Waals surface area (Å²) in [4.78, 5) is 22.7. The molecule has 0 saturated heterocycles. The molecule has 0 aromatic heterocycles. The standard InChI is InChI=1S/C17H11FO5/c18-11-3-1-2-10(6-11)7-15-17(21)13-5-4-12(8-14(13)23-15)22-9-16(19)20/h1-8H,9H2,(H,19,20)/b15-7-. The van der Waals surface area contributed by atoms with E-state index in [2.05, 4.69) is 0 Å². The molecule has 0 fully saturated rings. The molecular weight excluding hydrogens is 303 g/mol. The summed E-state index contributed by atoms with van der Waals surface area (Å²) in [6.45, 7) is -0.487. The van der Waals surface area contributed by atoms with E-state index in [9.17, 15) is 14.0 Å². The number of ether oxygens (including phenoxy) is 2. The van der Waals surface area contributed by atoms with Gasteiger partial charge in [-0.25, -0.2) is 9.18 Å². The second-order valence-corrected chi connectivity index (χ2v) is 4.84. The first-order valence-electron chi connectivity index (χ1n) is 6.71. The average molecular weight is 314 g/mol. The highest BCUT2D eigenvalue weighted by Crippen LogP contribution is 2.34. The van der Waals surface area contributed by atoms with Gasteiger partial charge in [0.25, 0.3) is 0 Å². The molecule has 6 heteroatoms. The Bertz CT molecular complexity index is 825. The number of fused-ring (bicyclic) bond motifs is 1. The maximum Gasteiger partial charge on any atom is 0.341 e. The lowest BCUT2D eigenvalue weighted by atomic mass is 10.1. The third-order valence-electron chi connectivity index (χ3n) is 3.15. The number of hydrogen-bond acceptors (Lipinski definition) is 4. The monoisotopic (exact) mass is 314 g/mol. The van der Waals surface area contributed by atoms with E-state index in [1.165, 1.54) is 42.5 Å². The Morgan fingerprint density at radius 3 is 2.83 bits per heavy atom. The highest BCUT2D eigenvalue weighted by atomic mass is 19.1. The lowest BCUT2D eigenvalue weighted by molar-refractivity contribution is -0.139. The number of benzene rings is 2. The van der Waals surface area contributed by atoms with Gasteiger partial charge in [0.1, 0.15) is 17.3 Å². The Morgan fingerprint density at radius 1 is 1.26 bits per heavy atom. The van der Waals surface area contributed by atoms with Crippen LogP contribution in [0.4, 0.5) is 4.39 Å². The normalized spacial score (nSPS) is 14.5. The van der Waals surface area contributed by atoms with E-state index in [4.69, 9.17) is 14.6 Å². The molecule has 0 aliphatic carbocycles. The number of carbonyl (C=O) groups is 2. The van der Waals surface area contributed by atoms with Gasteiger partial charge >= 0.3 is 5.97 Å². The van der Waals surface area contributed by atoms with Gasteiger partial charge in [0.2, 0.25) is 5.78 Å². The first-order valence-corrected chi connectivity index (χ1v) is 6.71. The van der Waals surface area contributed by atoms with Gasteiger partial charge in [-0.2, -0.15) is 0 Å². The number of halogens is 1. The Hall–Kier alpha value is -3.15. The molecule has 2 aromatic rings. The van der Waals surface area contributed by atoms with Crippen molar-refractivity contribution < 1.29 is 28.6 Å². The van der Waals surface area contributed by atoms with Crippen LogP contribution >= 0.6 is 0 Å². The van der Waals surface area contributed by atoms with Gasteiger partial charge in [0.05, 0.1) is 5.56 Å². The maximum atomic E-state index is 13.2. The molecule has 0 spiro atoms. The molecular formula is C17H11FO5. The number of carboxylic acids is 1. The van der Waals surface area contributed by atoms with E-state index in [1.807, 2.05) is 0 Å². The molecule has 1 heterocycles. The van der Waals surface area contributed by atoms with Gasteiger partial charge in [0, 0.05) is 6.07 Å². The van der Waals surface area contributed by atoms with Crippen LogP contribution in [0.2, 0.25) is 0 Å². The predicted molar refractivity (Wildman–Crippen MR) is 78.9 cm³/mol. The second-order valence-electron chi connectivity index (χ2n) is 4.84. The minimum Gasteiger partial charge on any atom is -0.482 e. The van der Waals surface area contributed by atoms with Crippen LogP contribution in [-0.4, -0.2) is 23.5 Å². The van der Waals surface area contributed by atoms with Crippen molar-refractivity contribution in [2.45, 2.75) is 0 Å². The summed E-state index contributed by atoms with van der Waals surface area (Å²) in [7, 11) is 0. The molecule has 23 heavy (non-hydrogen) atoms. The minimum absolute atomic E-state index is 0.0704. The fourth-order valence-corrected chi connectivity index (χ4v) is 2.15. The largest absolute Gasteiger partial charge is 0.482 e. The van der Waals surface area contributed by atoms with Crippen molar-refractivity contribution in [1.29, 1.82) is 0 Å². The minimum atomic E-state index is -1.10. The Morgan fingerprint density at radius 2 is 2.09 bits per heavy atom. The molecule has 1 aliphatic heterocycles. The molecule has 0 atom stereocenters. The molecule has 0 radical (unpaired) electrons. The molecule has 0 amide bonds. The van der Waals surface area contributed by atoms with Crippen molar-refractivity contribution >= 4 is 17.8 Å². The summed E-state index contributed by atoms with van der Waals surface area (Å²) < 4.78 is 23.7. The summed E-state index contributed by atoms with van der Waals surface area (Å²) in [5, 5.41) is 8.59. The fraction of sp³-hybridized carbons (Fsp3) is 0.0588. The molecule has 1 N–H and O–H groups in total. The smallest absolute Gasteiger partial charge is 0.341 e. The highest BCUT2D eigenvalue weighted by molar-refractivity contribution is 6.14. The van der Waals surface area contributed by atoms with Crippen LogP contribution in [0.25, 0.3) is 6.08 Å². The molecule has 0 unspecified atom stereocenters. The zero-order chi connectivity index (χ0) is 16.4. The van der Waals surface area contributed by atoms with E-state index >= 15 is 0 Å². The topological polar surface area (TPSA) is 72.8 Å². The summed E-state index contributed by atoms with van der Waals surface area (Å²) in [6.07, 6.45) is 1.45. The Labute approximate surface area is 130 Å². The summed E-state index contributed by atoms with van der Waals surface area (Å²) in [5.41, 5.74) is 0.846. The Kier molecular flexibility index (Phi) is 3.80. The summed E-state index contributed by atoms with van der Waals surface area (Å²) >= 11 is 0. The SMILES string of the molecule is O=C(O)COc1ccc2c(c1)O/C(=C\c1cccc(F)c1)C2=O. The Balaban J connectivity index is 1.85. The van der Waals surface area contributed by atoms with Crippen molar-refractivity contribution in [2.75, 3.05) is 6.61 Å². The van der Waals surface area contributed by atoms with Gasteiger partial charge in [-0.15, -0.1) is 0 Å². The molecule has 116 valence electrons. The zero-order valence-electron chi connectivity index (χ0n) is 11.8. The summed E-state index contributed by atoms with van der Waals surface area (Å²) in [6, 6.07) is 10.2. The lowest BCUT2D eigenvalue weighted by Gasteiger charge is -2.04. The van der Waals surface area contributed by atoms with Crippen molar-refractivity contribution in [3.8, 4) is 11.5 Å². The lowest BCUT2D eigenvalue weighted by Crippen LogP contribution is -2.09. The number of Topliss-reactive ketones (excluding diaryl/α,β-unsaturated/α-hetero) is 1. The van der Waals surface area contributed by atoms with Crippen molar-refractivity contribution in [3.05, 3.63) is 65.2 Å². The predicted octanol–water partition coefficient (Wildman–Crippen LogP) is 2.91. The van der Waals surface area contributed by atoms with Crippen LogP contribution in [0.3, 0.4) is 0 Å². The van der Waals surface area contributed by atoms with Crippen LogP contribution < -0.4 is 9.47 Å². The molecule has 5 nitrogen and oxygen atoms in total. The third-order valence-corrected chi connectivity index (χ3v) is 3.15.